The fraction of sp³-hybridized carbons (Fsp3) is 0.979. The molecule has 0 spiro atoms. The summed E-state index contributed by atoms with van der Waals surface area (Å²) in [5.41, 5.74) is 0. The van der Waals surface area contributed by atoms with Crippen LogP contribution in [0.5, 0.6) is 0 Å². The zero-order chi connectivity index (χ0) is 47.6. The van der Waals surface area contributed by atoms with E-state index >= 15 is 0 Å². The molecule has 18 nitrogen and oxygen atoms in total. The Morgan fingerprint density at radius 3 is 0.773 bits per heavy atom. The molecule has 66 heavy (non-hydrogen) atoms. The Hall–Kier alpha value is -1.17. The van der Waals surface area contributed by atoms with Gasteiger partial charge in [0.1, 0.15) is 12.7 Å². The van der Waals surface area contributed by atoms with E-state index in [1.165, 1.54) is 83.5 Å². The Labute approximate surface area is 398 Å². The van der Waals surface area contributed by atoms with Gasteiger partial charge in [-0.15, -0.1) is 0 Å². The van der Waals surface area contributed by atoms with E-state index in [-0.39, 0.29) is 19.6 Å². The molecule has 0 saturated carbocycles. The average Bonchev–Trinajstić information content (AvgIpc) is 3.33. The van der Waals surface area contributed by atoms with Crippen LogP contribution in [0.15, 0.2) is 0 Å². The summed E-state index contributed by atoms with van der Waals surface area (Å²) < 4.78 is 81.8. The van der Waals surface area contributed by atoms with Gasteiger partial charge >= 0.3 is 5.97 Å². The molecule has 0 heterocycles. The average molecular weight is 961 g/mol. The van der Waals surface area contributed by atoms with Gasteiger partial charge in [0.2, 0.25) is 0 Å². The maximum absolute atomic E-state index is 11.4. The number of unbranched alkanes of at least 4 members (excludes halogenated alkanes) is 13. The number of rotatable bonds is 60. The van der Waals surface area contributed by atoms with Crippen LogP contribution in [-0.4, -0.2) is 220 Å². The first-order valence-corrected chi connectivity index (χ1v) is 25.2. The molecule has 0 aliphatic heterocycles. The quantitative estimate of drug-likeness (QED) is 0.0611. The van der Waals surface area contributed by atoms with Crippen LogP contribution in [0.4, 0.5) is 0 Å². The number of esters is 1. The van der Waals surface area contributed by atoms with Gasteiger partial charge in [-0.1, -0.05) is 90.4 Å². The number of ether oxygens (including phenoxy) is 15. The van der Waals surface area contributed by atoms with E-state index in [9.17, 15) is 4.79 Å². The lowest BCUT2D eigenvalue weighted by atomic mass is 10.0. The first kappa shape index (κ1) is 64.8. The molecule has 0 aromatic heterocycles. The minimum Gasteiger partial charge on any atom is -0.463 e. The van der Waals surface area contributed by atoms with E-state index in [0.717, 1.165) is 13.0 Å². The zero-order valence-corrected chi connectivity index (χ0v) is 41.3. The van der Waals surface area contributed by atoms with Crippen LogP contribution in [0, 0.1) is 0 Å². The lowest BCUT2D eigenvalue weighted by molar-refractivity contribution is -0.148. The first-order chi connectivity index (χ1) is 32.7. The van der Waals surface area contributed by atoms with Gasteiger partial charge < -0.3 is 81.3 Å². The first-order valence-electron chi connectivity index (χ1n) is 25.2. The van der Waals surface area contributed by atoms with Crippen LogP contribution in [0.3, 0.4) is 0 Å². The summed E-state index contributed by atoms with van der Waals surface area (Å²) in [5, 5.41) is 17.8. The van der Waals surface area contributed by atoms with E-state index in [2.05, 4.69) is 6.92 Å². The minimum absolute atomic E-state index is 0.0645. The molecule has 0 aliphatic carbocycles. The minimum atomic E-state index is -1.06. The third-order valence-electron chi connectivity index (χ3n) is 9.58. The fourth-order valence-corrected chi connectivity index (χ4v) is 5.83. The molecule has 2 N–H and O–H groups in total. The Kier molecular flexibility index (Phi) is 58.9. The van der Waals surface area contributed by atoms with Gasteiger partial charge in [0.25, 0.3) is 0 Å². The number of hydrogen-bond acceptors (Lipinski definition) is 18. The van der Waals surface area contributed by atoms with Crippen molar-refractivity contribution >= 4 is 5.97 Å². The third kappa shape index (κ3) is 59.0. The standard InChI is InChI=1S/C48H96O18/c1-2-3-4-5-6-7-8-9-10-11-12-13-14-15-17-52-19-21-54-23-25-56-27-29-58-31-33-60-35-37-62-39-41-64-43-44-65-42-40-63-38-36-61-34-32-59-30-28-57-26-24-55-22-20-53-18-16-48(51)66-46-47(50)45-49/h47,49-50H,2-46H2,1H3. The van der Waals surface area contributed by atoms with Gasteiger partial charge in [0, 0.05) is 6.61 Å². The van der Waals surface area contributed by atoms with E-state index < -0.39 is 18.7 Å². The van der Waals surface area contributed by atoms with E-state index in [0.29, 0.717) is 172 Å². The molecule has 0 aromatic rings. The molecule has 1 unspecified atom stereocenters. The molecule has 0 aliphatic rings. The predicted octanol–water partition coefficient (Wildman–Crippen LogP) is 4.99. The van der Waals surface area contributed by atoms with Crippen LogP contribution in [-0.2, 0) is 75.8 Å². The molecule has 0 radical (unpaired) electrons. The molecule has 0 saturated heterocycles. The lowest BCUT2D eigenvalue weighted by Gasteiger charge is -2.09. The van der Waals surface area contributed by atoms with Crippen molar-refractivity contribution in [1.82, 2.24) is 0 Å². The summed E-state index contributed by atoms with van der Waals surface area (Å²) in [6.45, 7) is 15.4. The molecule has 0 bridgehead atoms. The predicted molar refractivity (Wildman–Crippen MR) is 250 cm³/mol. The number of aliphatic hydroxyl groups excluding tert-OH is 2. The smallest absolute Gasteiger partial charge is 0.308 e. The fourth-order valence-electron chi connectivity index (χ4n) is 5.83. The molecule has 0 amide bonds. The highest BCUT2D eigenvalue weighted by Crippen LogP contribution is 2.13. The summed E-state index contributed by atoms with van der Waals surface area (Å²) >= 11 is 0. The molecule has 18 heteroatoms. The Morgan fingerprint density at radius 1 is 0.318 bits per heavy atom. The molecular formula is C48H96O18. The van der Waals surface area contributed by atoms with Gasteiger partial charge in [-0.3, -0.25) is 4.79 Å². The van der Waals surface area contributed by atoms with Crippen LogP contribution >= 0.6 is 0 Å². The van der Waals surface area contributed by atoms with E-state index in [1.807, 2.05) is 0 Å². The lowest BCUT2D eigenvalue weighted by Crippen LogP contribution is -2.22. The summed E-state index contributed by atoms with van der Waals surface area (Å²) in [4.78, 5) is 11.4. The van der Waals surface area contributed by atoms with Crippen LogP contribution < -0.4 is 0 Å². The van der Waals surface area contributed by atoms with Crippen molar-refractivity contribution in [1.29, 1.82) is 0 Å². The highest BCUT2D eigenvalue weighted by Gasteiger charge is 2.07. The molecule has 0 aromatic carbocycles. The number of aliphatic hydroxyl groups is 2. The maximum Gasteiger partial charge on any atom is 0.308 e. The summed E-state index contributed by atoms with van der Waals surface area (Å²) in [5.74, 6) is -0.497. The largest absolute Gasteiger partial charge is 0.463 e. The number of hydrogen-bond donors (Lipinski definition) is 2. The third-order valence-corrected chi connectivity index (χ3v) is 9.58. The SMILES string of the molecule is CCCCCCCCCCCCCCCCOCCOCCOCCOCCOCCOCCOCCOCCOCCOCCOCCOCCOCCOCCC(=O)OCC(O)CO. The van der Waals surface area contributed by atoms with Gasteiger partial charge in [-0.25, -0.2) is 0 Å². The van der Waals surface area contributed by atoms with Crippen molar-refractivity contribution in [3.05, 3.63) is 0 Å². The normalized spacial score (nSPS) is 12.1. The van der Waals surface area contributed by atoms with E-state index in [1.54, 1.807) is 0 Å². The van der Waals surface area contributed by atoms with Crippen molar-refractivity contribution in [3.63, 3.8) is 0 Å². The van der Waals surface area contributed by atoms with E-state index in [4.69, 9.17) is 81.3 Å². The maximum atomic E-state index is 11.4. The van der Waals surface area contributed by atoms with Crippen molar-refractivity contribution in [2.45, 2.75) is 109 Å². The highest BCUT2D eigenvalue weighted by atomic mass is 16.6. The second-order valence-electron chi connectivity index (χ2n) is 15.4. The van der Waals surface area contributed by atoms with Crippen molar-refractivity contribution in [3.8, 4) is 0 Å². The van der Waals surface area contributed by atoms with Crippen LogP contribution in [0.2, 0.25) is 0 Å². The molecule has 1 atom stereocenters. The summed E-state index contributed by atoms with van der Waals surface area (Å²) in [7, 11) is 0. The highest BCUT2D eigenvalue weighted by molar-refractivity contribution is 5.69. The second-order valence-corrected chi connectivity index (χ2v) is 15.4. The Morgan fingerprint density at radius 2 is 0.530 bits per heavy atom. The van der Waals surface area contributed by atoms with Crippen LogP contribution in [0.25, 0.3) is 0 Å². The topological polar surface area (TPSA) is 196 Å². The number of carbonyl (C=O) groups excluding carboxylic acids is 1. The monoisotopic (exact) mass is 961 g/mol. The Bertz CT molecular complexity index is 895. The van der Waals surface area contributed by atoms with Crippen molar-refractivity contribution in [2.75, 3.05) is 198 Å². The van der Waals surface area contributed by atoms with Gasteiger partial charge in [0.05, 0.1) is 191 Å². The molecular weight excluding hydrogens is 865 g/mol. The molecule has 396 valence electrons. The van der Waals surface area contributed by atoms with Gasteiger partial charge in [-0.05, 0) is 6.42 Å². The van der Waals surface area contributed by atoms with Gasteiger partial charge in [-0.2, -0.15) is 0 Å². The Balaban J connectivity index is 3.09. The molecule has 0 rings (SSSR count). The molecule has 0 fully saturated rings. The summed E-state index contributed by atoms with van der Waals surface area (Å²) in [6.07, 6.45) is 18.2. The van der Waals surface area contributed by atoms with Crippen molar-refractivity contribution < 1.29 is 86.1 Å². The van der Waals surface area contributed by atoms with Gasteiger partial charge in [0.15, 0.2) is 0 Å². The second kappa shape index (κ2) is 60.0. The number of carbonyl (C=O) groups is 1. The van der Waals surface area contributed by atoms with Crippen molar-refractivity contribution in [2.24, 2.45) is 0 Å². The zero-order valence-electron chi connectivity index (χ0n) is 41.3. The summed E-state index contributed by atoms with van der Waals surface area (Å²) in [6, 6.07) is 0. The van der Waals surface area contributed by atoms with Crippen LogP contribution in [0.1, 0.15) is 103 Å².